The van der Waals surface area contributed by atoms with Crippen molar-refractivity contribution in [3.8, 4) is 23.7 Å². The van der Waals surface area contributed by atoms with Gasteiger partial charge in [-0.2, -0.15) is 0 Å². The minimum Gasteiger partial charge on any atom is -0.379 e. The minimum atomic E-state index is -0.118. The van der Waals surface area contributed by atoms with Crippen LogP contribution in [0.2, 0.25) is 0 Å². The maximum absolute atomic E-state index is 11.1. The lowest BCUT2D eigenvalue weighted by atomic mass is 9.97. The van der Waals surface area contributed by atoms with E-state index in [0.29, 0.717) is 38.6 Å². The van der Waals surface area contributed by atoms with Crippen molar-refractivity contribution in [2.45, 2.75) is 412 Å². The van der Waals surface area contributed by atoms with Gasteiger partial charge in [0.15, 0.2) is 0 Å². The fourth-order valence-electron chi connectivity index (χ4n) is 13.6. The van der Waals surface area contributed by atoms with Crippen molar-refractivity contribution in [2.24, 2.45) is 22.7 Å². The molecule has 0 bridgehead atoms. The minimum absolute atomic E-state index is 0.00750. The number of hydrogen-bond donors (Lipinski definition) is 2. The molecule has 1 unspecified atom stereocenters. The Kier molecular flexibility index (Phi) is 68.6. The van der Waals surface area contributed by atoms with E-state index in [2.05, 4.69) is 312 Å². The van der Waals surface area contributed by atoms with Crippen LogP contribution in [0, 0.1) is 46.3 Å². The first-order valence-electron chi connectivity index (χ1n) is 50.2. The number of nitrogens with one attached hydrogen (secondary N) is 2. The average Bonchev–Trinajstić information content (AvgIpc) is 1.69. The maximum Gasteiger partial charge on any atom is 0.234 e. The molecule has 0 aromatic heterocycles. The van der Waals surface area contributed by atoms with Crippen molar-refractivity contribution in [1.29, 1.82) is 0 Å². The molecule has 8 aliphatic rings. The summed E-state index contributed by atoms with van der Waals surface area (Å²) in [5, 5.41) is 5.61. The number of morpholine rings is 2. The Balaban J connectivity index is -0.000000680. The molecule has 0 spiro atoms. The van der Waals surface area contributed by atoms with E-state index >= 15 is 0 Å². The average molecular weight is 1890 g/mol. The monoisotopic (exact) mass is 1880 g/mol. The van der Waals surface area contributed by atoms with Crippen LogP contribution in [0.5, 0.6) is 0 Å². The van der Waals surface area contributed by atoms with Crippen molar-refractivity contribution in [3.63, 3.8) is 0 Å². The number of hydrogen-bond acceptors (Lipinski definition) is 22. The van der Waals surface area contributed by atoms with Gasteiger partial charge in [-0.25, -0.2) is 0 Å². The summed E-state index contributed by atoms with van der Waals surface area (Å²) in [5.74, 6) is 13.8. The van der Waals surface area contributed by atoms with E-state index in [-0.39, 0.29) is 96.2 Å². The summed E-state index contributed by atoms with van der Waals surface area (Å²) in [5.41, 5.74) is 0.593. The standard InChI is InChI=1S/2C11H23NO.2C10H21NO2.2C10H21NO.C10H20O.C9H17N.C8H18N2O.C8H14O.C6H13NO.C5H10O2/c2*1-10(2,3)13-9-11(4)7-6-8-12(11)5;2*1-10(2,3)13-8-9-7-11(4)5-6-12-9;2*1-10(2,3)12-8-9-5-6-11(4)7-9;1-10(2,3)11-9-7-5-4-6-8-9;1-9(2,3)7-6-8-10(4)5;1-8(2,3)9-7(11)6-10(4)5;1-8(2,3)6-5-7-9-4;1-5(8)7-6(2,3)4;1-6-5-2-3-7-4-5/h2*6-9H2,1-5H3;2*9H,5-8H2,1-4H3;2*9H,5-8H2,1-4H3;9H,4-8H2,1-3H3;8H2,1-5H3;6H2,1-5H3,(H,9,11);7H2,1-4H3;1-4H3,(H,7,8);5H,2-4H2,1H3/t2*11-;4*9-;;;;;;/m101010....../s1. The molecule has 24 nitrogen and oxygen atoms in total. The SMILES string of the molecule is CC(=O)NC(C)(C)C.CC(C)(C)OC1CCCCC1.CN(C)CC#CC(C)(C)C.CN(C)CC(=O)NC(C)(C)C.CN1CCC[C@@]1(C)COC(C)(C)C.CN1CCC[C@]1(C)COC(C)(C)C.CN1CCO[C@@H](COC(C)(C)C)C1.CN1CCO[C@H](COC(C)(C)C)C1.CN1CC[C@@H](COC(C)(C)C)C1.CN1CC[C@H](COC(C)(C)C)C1.COC1CCOC1.COCC#CC(C)(C)C. The molecule has 7 heterocycles. The molecule has 7 aliphatic heterocycles. The van der Waals surface area contributed by atoms with Crippen LogP contribution in [0.15, 0.2) is 0 Å². The Morgan fingerprint density at radius 1 is 0.409 bits per heavy atom. The Morgan fingerprint density at radius 2 is 0.773 bits per heavy atom. The van der Waals surface area contributed by atoms with Crippen LogP contribution in [0.25, 0.3) is 0 Å². The van der Waals surface area contributed by atoms with Crippen molar-refractivity contribution in [3.05, 3.63) is 0 Å². The zero-order valence-corrected chi connectivity index (χ0v) is 96.0. The lowest BCUT2D eigenvalue weighted by molar-refractivity contribution is -0.123. The van der Waals surface area contributed by atoms with E-state index < -0.39 is 0 Å². The van der Waals surface area contributed by atoms with Crippen molar-refractivity contribution in [2.75, 3.05) is 236 Å². The van der Waals surface area contributed by atoms with Gasteiger partial charge in [0, 0.05) is 100 Å². The topological polar surface area (TPSA) is 195 Å². The molecule has 8 rings (SSSR count). The van der Waals surface area contributed by atoms with Gasteiger partial charge in [-0.3, -0.25) is 24.3 Å². The van der Waals surface area contributed by atoms with Crippen LogP contribution < -0.4 is 10.6 Å². The van der Waals surface area contributed by atoms with Crippen LogP contribution in [0.4, 0.5) is 0 Å². The van der Waals surface area contributed by atoms with Crippen LogP contribution in [-0.4, -0.2) is 373 Å². The Morgan fingerprint density at radius 3 is 1.02 bits per heavy atom. The molecule has 7 saturated heterocycles. The molecule has 2 N–H and O–H groups in total. The van der Waals surface area contributed by atoms with Crippen LogP contribution >= 0.6 is 0 Å². The Hall–Kier alpha value is -2.74. The second-order valence-electron chi connectivity index (χ2n) is 49.8. The van der Waals surface area contributed by atoms with Gasteiger partial charge < -0.3 is 92.0 Å². The van der Waals surface area contributed by atoms with Gasteiger partial charge in [0.2, 0.25) is 11.8 Å². The zero-order valence-electron chi connectivity index (χ0n) is 96.0. The molecule has 132 heavy (non-hydrogen) atoms. The molecular formula is C108H222N10O14. The second-order valence-corrected chi connectivity index (χ2v) is 49.8. The lowest BCUT2D eigenvalue weighted by Gasteiger charge is -2.34. The van der Waals surface area contributed by atoms with Gasteiger partial charge in [0.1, 0.15) is 6.61 Å². The van der Waals surface area contributed by atoms with Gasteiger partial charge >= 0.3 is 0 Å². The highest BCUT2D eigenvalue weighted by atomic mass is 16.6. The lowest BCUT2D eigenvalue weighted by Crippen LogP contribution is -2.44. The highest BCUT2D eigenvalue weighted by Crippen LogP contribution is 2.31. The van der Waals surface area contributed by atoms with Crippen molar-refractivity contribution < 1.29 is 66.4 Å². The quantitative estimate of drug-likeness (QED) is 0.123. The molecule has 0 radical (unpaired) electrons. The third-order valence-corrected chi connectivity index (χ3v) is 20.8. The number of likely N-dealkylation sites (N-methyl/N-ethyl adjacent to an activating group) is 5. The number of carbonyl (C=O) groups is 2. The largest absolute Gasteiger partial charge is 0.379 e. The summed E-state index contributed by atoms with van der Waals surface area (Å²) < 4.78 is 66.3. The third kappa shape index (κ3) is 92.3. The molecule has 1 aliphatic carbocycles. The van der Waals surface area contributed by atoms with Gasteiger partial charge in [0.05, 0.1) is 136 Å². The summed E-state index contributed by atoms with van der Waals surface area (Å²) >= 11 is 0. The predicted molar refractivity (Wildman–Crippen MR) is 559 cm³/mol. The Bertz CT molecular complexity index is 2890. The van der Waals surface area contributed by atoms with Crippen LogP contribution in [-0.2, 0) is 66.4 Å². The van der Waals surface area contributed by atoms with Crippen LogP contribution in [0.3, 0.4) is 0 Å². The fourth-order valence-corrected chi connectivity index (χ4v) is 13.6. The van der Waals surface area contributed by atoms with E-state index in [1.165, 1.54) is 117 Å². The first kappa shape index (κ1) is 136. The summed E-state index contributed by atoms with van der Waals surface area (Å²) in [6.07, 6.45) is 16.9. The predicted octanol–water partition coefficient (Wildman–Crippen LogP) is 18.6. The second kappa shape index (κ2) is 66.9. The first-order chi connectivity index (χ1) is 59.8. The number of carbonyl (C=O) groups excluding carboxylic acids is 2. The number of methoxy groups -OCH3 is 2. The molecule has 7 atom stereocenters. The summed E-state index contributed by atoms with van der Waals surface area (Å²) in [6.45, 7) is 96.2. The van der Waals surface area contributed by atoms with E-state index in [4.69, 9.17) is 56.8 Å². The normalized spacial score (nSPS) is 22.8. The molecule has 24 heteroatoms. The smallest absolute Gasteiger partial charge is 0.234 e. The summed E-state index contributed by atoms with van der Waals surface area (Å²) in [7, 11) is 24.2. The molecule has 788 valence electrons. The van der Waals surface area contributed by atoms with Gasteiger partial charge in [-0.1, -0.05) is 42.9 Å². The van der Waals surface area contributed by atoms with E-state index in [9.17, 15) is 9.59 Å². The number of likely N-dealkylation sites (tertiary alicyclic amines) is 4. The summed E-state index contributed by atoms with van der Waals surface area (Å²) in [4.78, 5) is 39.5. The van der Waals surface area contributed by atoms with Gasteiger partial charge in [0.25, 0.3) is 0 Å². The number of nitrogens with zero attached hydrogens (tertiary/aromatic N) is 8. The fraction of sp³-hybridized carbons (Fsp3) is 0.944. The van der Waals surface area contributed by atoms with Crippen molar-refractivity contribution >= 4 is 11.8 Å². The van der Waals surface area contributed by atoms with Crippen LogP contribution in [0.1, 0.15) is 326 Å². The molecule has 2 amide bonds. The first-order valence-corrected chi connectivity index (χ1v) is 50.2. The number of amides is 2. The highest BCUT2D eigenvalue weighted by molar-refractivity contribution is 5.78. The third-order valence-electron chi connectivity index (χ3n) is 20.8. The van der Waals surface area contributed by atoms with E-state index in [1.807, 2.05) is 74.6 Å². The van der Waals surface area contributed by atoms with Gasteiger partial charge in [-0.15, -0.1) is 0 Å². The number of rotatable bonds is 18. The molecule has 1 saturated carbocycles. The zero-order chi connectivity index (χ0) is 103. The highest BCUT2D eigenvalue weighted by Gasteiger charge is 2.37. The molecule has 0 aromatic rings. The van der Waals surface area contributed by atoms with E-state index in [1.54, 1.807) is 14.2 Å². The molecular weight excluding hydrogens is 1660 g/mol. The molecule has 0 aromatic carbocycles. The van der Waals surface area contributed by atoms with Crippen molar-refractivity contribution in [1.82, 2.24) is 49.8 Å². The Labute approximate surface area is 818 Å². The van der Waals surface area contributed by atoms with Gasteiger partial charge in [-0.05, 0) is 409 Å². The summed E-state index contributed by atoms with van der Waals surface area (Å²) in [6, 6.07) is 0. The molecule has 8 fully saturated rings. The number of ether oxygens (including phenoxy) is 12. The van der Waals surface area contributed by atoms with E-state index in [0.717, 1.165) is 104 Å². The maximum atomic E-state index is 11.1.